The molecule has 0 aliphatic rings. The highest BCUT2D eigenvalue weighted by molar-refractivity contribution is 5.95. The fourth-order valence-corrected chi connectivity index (χ4v) is 2.34. The van der Waals surface area contributed by atoms with Crippen LogP contribution in [-0.2, 0) is 28.8 Å². The van der Waals surface area contributed by atoms with Crippen LogP contribution < -0.4 is 33.2 Å². The van der Waals surface area contributed by atoms with Gasteiger partial charge in [0, 0.05) is 0 Å². The number of carbonyl (C=O) groups is 6. The Hall–Kier alpha value is -3.26. The first kappa shape index (κ1) is 26.7. The van der Waals surface area contributed by atoms with E-state index in [-0.39, 0.29) is 6.42 Å². The van der Waals surface area contributed by atoms with Crippen LogP contribution in [0.25, 0.3) is 0 Å². The molecular formula is C16H28N6O8. The number of hydrogen-bond donors (Lipinski definition) is 8. The number of carboxylic acid groups (broad SMARTS) is 2. The number of aliphatic carboxylic acids is 2. The van der Waals surface area contributed by atoms with Crippen LogP contribution in [0, 0.1) is 0 Å². The maximum Gasteiger partial charge on any atom is 0.326 e. The molecule has 0 aliphatic carbocycles. The van der Waals surface area contributed by atoms with Gasteiger partial charge in [0.1, 0.15) is 18.1 Å². The number of carbonyl (C=O) groups excluding carboxylic acids is 4. The second-order valence-corrected chi connectivity index (χ2v) is 6.34. The number of carboxylic acids is 2. The summed E-state index contributed by atoms with van der Waals surface area (Å²) in [4.78, 5) is 69.6. The molecule has 0 rings (SSSR count). The fraction of sp³-hybridized carbons (Fsp3) is 0.625. The highest BCUT2D eigenvalue weighted by Gasteiger charge is 2.30. The first-order valence-electron chi connectivity index (χ1n) is 9.04. The Morgan fingerprint density at radius 3 is 1.80 bits per heavy atom. The van der Waals surface area contributed by atoms with E-state index in [1.807, 2.05) is 0 Å². The van der Waals surface area contributed by atoms with E-state index < -0.39 is 73.1 Å². The van der Waals surface area contributed by atoms with Gasteiger partial charge in [-0.1, -0.05) is 0 Å². The zero-order chi connectivity index (χ0) is 23.3. The van der Waals surface area contributed by atoms with E-state index >= 15 is 0 Å². The highest BCUT2D eigenvalue weighted by Crippen LogP contribution is 2.04. The summed E-state index contributed by atoms with van der Waals surface area (Å²) in [5.41, 5.74) is 15.5. The Bertz CT molecular complexity index is 656. The largest absolute Gasteiger partial charge is 0.481 e. The highest BCUT2D eigenvalue weighted by atomic mass is 16.4. The average Bonchev–Trinajstić information content (AvgIpc) is 2.65. The summed E-state index contributed by atoms with van der Waals surface area (Å²) in [7, 11) is 0. The summed E-state index contributed by atoms with van der Waals surface area (Å²) < 4.78 is 0. The van der Waals surface area contributed by atoms with E-state index in [4.69, 9.17) is 27.4 Å². The van der Waals surface area contributed by atoms with Crippen molar-refractivity contribution in [2.75, 3.05) is 13.1 Å². The van der Waals surface area contributed by atoms with Gasteiger partial charge < -0.3 is 43.4 Å². The van der Waals surface area contributed by atoms with Gasteiger partial charge in [-0.3, -0.25) is 24.0 Å². The minimum absolute atomic E-state index is 0.0440. The van der Waals surface area contributed by atoms with Crippen LogP contribution in [-0.4, -0.2) is 77.0 Å². The summed E-state index contributed by atoms with van der Waals surface area (Å²) >= 11 is 0. The van der Waals surface area contributed by atoms with Gasteiger partial charge in [0.25, 0.3) is 0 Å². The molecule has 3 atom stereocenters. The third-order valence-corrected chi connectivity index (χ3v) is 3.82. The topological polar surface area (TPSA) is 257 Å². The van der Waals surface area contributed by atoms with Crippen molar-refractivity contribution in [1.82, 2.24) is 16.0 Å². The first-order valence-corrected chi connectivity index (χ1v) is 9.04. The predicted octanol–water partition coefficient (Wildman–Crippen LogP) is -4.04. The third kappa shape index (κ3) is 10.9. The summed E-state index contributed by atoms with van der Waals surface area (Å²) in [6, 6.07) is -4.40. The smallest absolute Gasteiger partial charge is 0.326 e. The SMILES string of the molecule is NCCCCC(NC(=O)C(CC(=O)O)NC(=O)CN)C(=O)NC(CC(N)=O)C(=O)O. The zero-order valence-electron chi connectivity index (χ0n) is 16.3. The lowest BCUT2D eigenvalue weighted by atomic mass is 10.1. The van der Waals surface area contributed by atoms with Crippen molar-refractivity contribution in [1.29, 1.82) is 0 Å². The quantitative estimate of drug-likeness (QED) is 0.116. The lowest BCUT2D eigenvalue weighted by Gasteiger charge is -2.23. The van der Waals surface area contributed by atoms with Crippen molar-refractivity contribution in [3.63, 3.8) is 0 Å². The molecule has 0 aliphatic heterocycles. The number of amides is 4. The molecule has 14 heteroatoms. The van der Waals surface area contributed by atoms with Crippen molar-refractivity contribution in [3.05, 3.63) is 0 Å². The van der Waals surface area contributed by atoms with Crippen molar-refractivity contribution in [2.24, 2.45) is 17.2 Å². The van der Waals surface area contributed by atoms with Crippen LogP contribution in [0.3, 0.4) is 0 Å². The molecule has 3 unspecified atom stereocenters. The van der Waals surface area contributed by atoms with Crippen LogP contribution in [0.1, 0.15) is 32.1 Å². The molecule has 30 heavy (non-hydrogen) atoms. The predicted molar refractivity (Wildman–Crippen MR) is 101 cm³/mol. The molecule has 0 heterocycles. The second-order valence-electron chi connectivity index (χ2n) is 6.34. The number of primary amides is 1. The monoisotopic (exact) mass is 432 g/mol. The summed E-state index contributed by atoms with van der Waals surface area (Å²) in [5, 5.41) is 24.6. The van der Waals surface area contributed by atoms with E-state index in [2.05, 4.69) is 16.0 Å². The van der Waals surface area contributed by atoms with Gasteiger partial charge in [-0.15, -0.1) is 0 Å². The lowest BCUT2D eigenvalue weighted by Crippen LogP contribution is -2.56. The molecule has 170 valence electrons. The number of unbranched alkanes of at least 4 members (excludes halogenated alkanes) is 1. The minimum Gasteiger partial charge on any atom is -0.481 e. The molecule has 11 N–H and O–H groups in total. The maximum absolute atomic E-state index is 12.5. The molecule has 0 aromatic rings. The van der Waals surface area contributed by atoms with Crippen molar-refractivity contribution in [2.45, 2.75) is 50.2 Å². The third-order valence-electron chi connectivity index (χ3n) is 3.82. The van der Waals surface area contributed by atoms with E-state index in [1.165, 1.54) is 0 Å². The van der Waals surface area contributed by atoms with Gasteiger partial charge in [0.15, 0.2) is 0 Å². The zero-order valence-corrected chi connectivity index (χ0v) is 16.3. The second kappa shape index (κ2) is 13.8. The average molecular weight is 432 g/mol. The van der Waals surface area contributed by atoms with Crippen LogP contribution in [0.4, 0.5) is 0 Å². The van der Waals surface area contributed by atoms with Gasteiger partial charge >= 0.3 is 11.9 Å². The number of nitrogens with two attached hydrogens (primary N) is 3. The Balaban J connectivity index is 5.40. The van der Waals surface area contributed by atoms with E-state index in [0.29, 0.717) is 19.4 Å². The molecule has 0 saturated heterocycles. The molecule has 0 radical (unpaired) electrons. The lowest BCUT2D eigenvalue weighted by molar-refractivity contribution is -0.144. The minimum atomic E-state index is -1.62. The Labute approximate surface area is 171 Å². The summed E-state index contributed by atoms with van der Waals surface area (Å²) in [5.74, 6) is -6.54. The first-order chi connectivity index (χ1) is 14.0. The molecule has 0 saturated carbocycles. The van der Waals surface area contributed by atoms with Crippen LogP contribution in [0.15, 0.2) is 0 Å². The molecule has 0 fully saturated rings. The standard InChI is InChI=1S/C16H28N6O8/c17-4-2-1-3-8(14(27)22-10(16(29)30)5-11(19)23)21-15(28)9(6-13(25)26)20-12(24)7-18/h8-10H,1-7,17-18H2,(H2,19,23)(H,20,24)(H,21,28)(H,22,27)(H,25,26)(H,29,30). The van der Waals surface area contributed by atoms with Crippen LogP contribution in [0.5, 0.6) is 0 Å². The summed E-state index contributed by atoms with van der Waals surface area (Å²) in [6.45, 7) is -0.187. The van der Waals surface area contributed by atoms with E-state index in [1.54, 1.807) is 0 Å². The Morgan fingerprint density at radius 1 is 0.767 bits per heavy atom. The molecule has 0 aromatic heterocycles. The molecule has 14 nitrogen and oxygen atoms in total. The summed E-state index contributed by atoms with van der Waals surface area (Å²) in [6.07, 6.45) is -0.526. The number of nitrogens with one attached hydrogen (secondary N) is 3. The van der Waals surface area contributed by atoms with Gasteiger partial charge in [-0.2, -0.15) is 0 Å². The molecule has 0 spiro atoms. The Morgan fingerprint density at radius 2 is 1.33 bits per heavy atom. The normalized spacial score (nSPS) is 13.4. The number of hydrogen-bond acceptors (Lipinski definition) is 8. The van der Waals surface area contributed by atoms with Gasteiger partial charge in [0.2, 0.25) is 23.6 Å². The van der Waals surface area contributed by atoms with Crippen LogP contribution >= 0.6 is 0 Å². The van der Waals surface area contributed by atoms with E-state index in [9.17, 15) is 28.8 Å². The van der Waals surface area contributed by atoms with Gasteiger partial charge in [0.05, 0.1) is 19.4 Å². The van der Waals surface area contributed by atoms with E-state index in [0.717, 1.165) is 0 Å². The Kier molecular flexibility index (Phi) is 12.3. The molecule has 0 bridgehead atoms. The molecule has 0 aromatic carbocycles. The molecule has 4 amide bonds. The maximum atomic E-state index is 12.5. The van der Waals surface area contributed by atoms with Gasteiger partial charge in [-0.05, 0) is 25.8 Å². The molecular weight excluding hydrogens is 404 g/mol. The van der Waals surface area contributed by atoms with Gasteiger partial charge in [-0.25, -0.2) is 4.79 Å². The number of rotatable bonds is 15. The van der Waals surface area contributed by atoms with Crippen LogP contribution in [0.2, 0.25) is 0 Å². The van der Waals surface area contributed by atoms with Crippen molar-refractivity contribution in [3.8, 4) is 0 Å². The van der Waals surface area contributed by atoms with Crippen molar-refractivity contribution < 1.29 is 39.0 Å². The van der Waals surface area contributed by atoms with Crippen molar-refractivity contribution >= 4 is 35.6 Å². The fourth-order valence-electron chi connectivity index (χ4n) is 2.34.